The summed E-state index contributed by atoms with van der Waals surface area (Å²) in [5.41, 5.74) is 0. The third kappa shape index (κ3) is 12.8. The maximum Gasteiger partial charge on any atom is 1.00 e. The van der Waals surface area contributed by atoms with Gasteiger partial charge in [0, 0.05) is 0 Å². The summed E-state index contributed by atoms with van der Waals surface area (Å²) in [6.07, 6.45) is 1.28. The van der Waals surface area contributed by atoms with Crippen LogP contribution in [0.1, 0.15) is 22.6 Å². The fourth-order valence-electron chi connectivity index (χ4n) is 0.364. The van der Waals surface area contributed by atoms with E-state index < -0.39 is 6.10 Å². The number of aldehydes is 1. The van der Waals surface area contributed by atoms with Crippen molar-refractivity contribution in [2.75, 3.05) is 0 Å². The summed E-state index contributed by atoms with van der Waals surface area (Å²) in [4.78, 5) is 9.64. The third-order valence-electron chi connectivity index (χ3n) is 0.742. The molecule has 0 heterocycles. The Morgan fingerprint density at radius 3 is 2.22 bits per heavy atom. The normalized spacial score (nSPS) is 10.4. The minimum atomic E-state index is -0.731. The molecule has 0 aromatic carbocycles. The van der Waals surface area contributed by atoms with E-state index in [4.69, 9.17) is 5.11 Å². The first-order valence-electron chi connectivity index (χ1n) is 2.44. The van der Waals surface area contributed by atoms with Crippen molar-refractivity contribution in [1.29, 1.82) is 0 Å². The second-order valence-corrected chi connectivity index (χ2v) is 1.49. The molecule has 0 saturated carbocycles. The van der Waals surface area contributed by atoms with Crippen molar-refractivity contribution in [3.8, 4) is 0 Å². The van der Waals surface area contributed by atoms with Gasteiger partial charge in [0.05, 0.1) is 0 Å². The number of hydrogen-bond acceptors (Lipinski definition) is 2. The Balaban J connectivity index is -0.0000000300. The summed E-state index contributed by atoms with van der Waals surface area (Å²) in [7, 11) is 0. The minimum Gasteiger partial charge on any atom is -1.00 e. The monoisotopic (exact) mass is 150 g/mol. The Hall–Kier alpha value is 1.63. The molecular formula is C5H12Na2O2. The van der Waals surface area contributed by atoms with E-state index in [0.29, 0.717) is 12.7 Å². The SMILES string of the molecule is CCCC(O)C=O.[H-].[H-].[Na+].[Na+]. The van der Waals surface area contributed by atoms with Gasteiger partial charge in [-0.1, -0.05) is 13.3 Å². The fraction of sp³-hybridized carbons (Fsp3) is 0.800. The summed E-state index contributed by atoms with van der Waals surface area (Å²) in [5, 5.41) is 8.49. The Labute approximate surface area is 103 Å². The molecule has 1 atom stereocenters. The average Bonchev–Trinajstić information content (AvgIpc) is 1.68. The van der Waals surface area contributed by atoms with E-state index in [1.54, 1.807) is 0 Å². The van der Waals surface area contributed by atoms with Gasteiger partial charge in [-0.15, -0.1) is 0 Å². The van der Waals surface area contributed by atoms with E-state index in [-0.39, 0.29) is 62.0 Å². The van der Waals surface area contributed by atoms with E-state index in [1.165, 1.54) is 0 Å². The smallest absolute Gasteiger partial charge is 1.00 e. The van der Waals surface area contributed by atoms with Crippen LogP contribution in [0.5, 0.6) is 0 Å². The number of carbonyl (C=O) groups is 1. The van der Waals surface area contributed by atoms with Crippen LogP contribution < -0.4 is 59.1 Å². The first kappa shape index (κ1) is 16.9. The van der Waals surface area contributed by atoms with Crippen LogP contribution in [-0.2, 0) is 4.79 Å². The second kappa shape index (κ2) is 12.3. The predicted octanol–water partition coefficient (Wildman–Crippen LogP) is -5.42. The molecule has 0 fully saturated rings. The fourth-order valence-corrected chi connectivity index (χ4v) is 0.364. The Bertz CT molecular complexity index is 66.4. The molecule has 0 spiro atoms. The van der Waals surface area contributed by atoms with Gasteiger partial charge in [0.15, 0.2) is 0 Å². The van der Waals surface area contributed by atoms with Crippen LogP contribution in [0, 0.1) is 0 Å². The summed E-state index contributed by atoms with van der Waals surface area (Å²) < 4.78 is 0. The standard InChI is InChI=1S/C5H10O2.2Na.2H/c1-2-3-5(7)4-6;;;;/h4-5,7H,2-3H2,1H3;;;;/q;2*+1;2*-1. The molecule has 0 aliphatic heterocycles. The predicted molar refractivity (Wildman–Crippen MR) is 29.2 cm³/mol. The number of hydrogen-bond donors (Lipinski definition) is 1. The molecule has 0 rings (SSSR count). The third-order valence-corrected chi connectivity index (χ3v) is 0.742. The molecule has 4 heteroatoms. The molecular weight excluding hydrogens is 138 g/mol. The van der Waals surface area contributed by atoms with Gasteiger partial charge < -0.3 is 12.8 Å². The molecule has 2 nitrogen and oxygen atoms in total. The zero-order chi connectivity index (χ0) is 5.70. The second-order valence-electron chi connectivity index (χ2n) is 1.49. The van der Waals surface area contributed by atoms with Gasteiger partial charge in [-0.3, -0.25) is 0 Å². The van der Waals surface area contributed by atoms with Crippen LogP contribution in [0.15, 0.2) is 0 Å². The summed E-state index contributed by atoms with van der Waals surface area (Å²) in [6.45, 7) is 1.92. The maximum atomic E-state index is 9.64. The quantitative estimate of drug-likeness (QED) is 0.322. The van der Waals surface area contributed by atoms with E-state index >= 15 is 0 Å². The van der Waals surface area contributed by atoms with Crippen LogP contribution in [0.4, 0.5) is 0 Å². The van der Waals surface area contributed by atoms with Crippen LogP contribution in [-0.4, -0.2) is 17.5 Å². The molecule has 1 N–H and O–H groups in total. The molecule has 1 unspecified atom stereocenters. The zero-order valence-corrected chi connectivity index (χ0v) is 10.4. The molecule has 0 amide bonds. The number of aliphatic hydroxyl groups excluding tert-OH is 1. The molecule has 0 aromatic heterocycles. The summed E-state index contributed by atoms with van der Waals surface area (Å²) >= 11 is 0. The molecule has 0 aliphatic rings. The van der Waals surface area contributed by atoms with Crippen molar-refractivity contribution in [1.82, 2.24) is 0 Å². The van der Waals surface area contributed by atoms with Gasteiger partial charge in [-0.2, -0.15) is 0 Å². The molecule has 0 saturated heterocycles. The molecule has 0 aromatic rings. The van der Waals surface area contributed by atoms with Crippen molar-refractivity contribution in [2.45, 2.75) is 25.9 Å². The number of carbonyl (C=O) groups excluding carboxylic acids is 1. The van der Waals surface area contributed by atoms with Gasteiger partial charge in [0.25, 0.3) is 0 Å². The van der Waals surface area contributed by atoms with Gasteiger partial charge in [0.1, 0.15) is 12.4 Å². The zero-order valence-electron chi connectivity index (χ0n) is 8.42. The van der Waals surface area contributed by atoms with E-state index in [1.807, 2.05) is 6.92 Å². The van der Waals surface area contributed by atoms with Crippen molar-refractivity contribution in [2.24, 2.45) is 0 Å². The first-order valence-corrected chi connectivity index (χ1v) is 2.44. The Kier molecular flexibility index (Phi) is 23.2. The van der Waals surface area contributed by atoms with Crippen molar-refractivity contribution in [3.05, 3.63) is 0 Å². The van der Waals surface area contributed by atoms with E-state index in [0.717, 1.165) is 6.42 Å². The first-order chi connectivity index (χ1) is 3.31. The van der Waals surface area contributed by atoms with Crippen LogP contribution in [0.2, 0.25) is 0 Å². The topological polar surface area (TPSA) is 37.3 Å². The van der Waals surface area contributed by atoms with Crippen molar-refractivity contribution in [3.63, 3.8) is 0 Å². The number of aliphatic hydroxyl groups is 1. The van der Waals surface area contributed by atoms with Crippen molar-refractivity contribution < 1.29 is 71.9 Å². The summed E-state index contributed by atoms with van der Waals surface area (Å²) in [6, 6.07) is 0. The van der Waals surface area contributed by atoms with Gasteiger partial charge in [-0.05, 0) is 6.42 Å². The maximum absolute atomic E-state index is 9.64. The van der Waals surface area contributed by atoms with E-state index in [2.05, 4.69) is 0 Å². The van der Waals surface area contributed by atoms with Gasteiger partial charge in [0.2, 0.25) is 0 Å². The Morgan fingerprint density at radius 1 is 1.67 bits per heavy atom. The van der Waals surface area contributed by atoms with Crippen LogP contribution >= 0.6 is 0 Å². The van der Waals surface area contributed by atoms with Crippen LogP contribution in [0.25, 0.3) is 0 Å². The van der Waals surface area contributed by atoms with Gasteiger partial charge >= 0.3 is 59.1 Å². The van der Waals surface area contributed by atoms with Crippen molar-refractivity contribution >= 4 is 6.29 Å². The molecule has 0 radical (unpaired) electrons. The van der Waals surface area contributed by atoms with E-state index in [9.17, 15) is 4.79 Å². The number of rotatable bonds is 3. The minimum absolute atomic E-state index is 0. The Morgan fingerprint density at radius 2 is 2.11 bits per heavy atom. The van der Waals surface area contributed by atoms with Crippen LogP contribution in [0.3, 0.4) is 0 Å². The molecule has 0 bridgehead atoms. The summed E-state index contributed by atoms with van der Waals surface area (Å²) in [5.74, 6) is 0. The average molecular weight is 150 g/mol. The molecule has 0 aliphatic carbocycles. The van der Waals surface area contributed by atoms with Gasteiger partial charge in [-0.25, -0.2) is 0 Å². The molecule has 9 heavy (non-hydrogen) atoms. The molecule has 46 valence electrons. The largest absolute Gasteiger partial charge is 1.00 e.